The Morgan fingerprint density at radius 2 is 1.79 bits per heavy atom. The third-order valence-corrected chi connectivity index (χ3v) is 4.28. The average molecular weight is 380 g/mol. The van der Waals surface area contributed by atoms with Gasteiger partial charge in [-0.05, 0) is 48.6 Å². The molecule has 148 valence electrons. The van der Waals surface area contributed by atoms with Crippen LogP contribution in [0, 0.1) is 6.92 Å². The number of carbonyl (C=O) groups excluding carboxylic acids is 2. The molecular weight excluding hydrogens is 352 g/mol. The van der Waals surface area contributed by atoms with Crippen molar-refractivity contribution in [1.82, 2.24) is 0 Å². The minimum Gasteiger partial charge on any atom is -0.410 e. The molecule has 0 aliphatic carbocycles. The molecule has 0 fully saturated rings. The summed E-state index contributed by atoms with van der Waals surface area (Å²) in [5.41, 5.74) is 3.35. The van der Waals surface area contributed by atoms with Crippen LogP contribution >= 0.6 is 0 Å². The van der Waals surface area contributed by atoms with E-state index in [9.17, 15) is 9.59 Å². The molecule has 0 aliphatic rings. The highest BCUT2D eigenvalue weighted by molar-refractivity contribution is 5.99. The smallest absolute Gasteiger partial charge is 0.410 e. The van der Waals surface area contributed by atoms with E-state index in [1.807, 2.05) is 25.1 Å². The fourth-order valence-corrected chi connectivity index (χ4v) is 2.94. The number of ether oxygens (including phenoxy) is 1. The maximum absolute atomic E-state index is 12.8. The summed E-state index contributed by atoms with van der Waals surface area (Å²) in [6.07, 6.45) is 2.60. The topological polar surface area (TPSA) is 58.6 Å². The van der Waals surface area contributed by atoms with E-state index in [4.69, 9.17) is 4.74 Å². The van der Waals surface area contributed by atoms with Gasteiger partial charge in [0.25, 0.3) is 0 Å². The number of aryl methyl sites for hydroxylation is 1. The molecule has 5 heteroatoms. The molecule has 0 atom stereocenters. The van der Waals surface area contributed by atoms with Crippen molar-refractivity contribution in [3.63, 3.8) is 0 Å². The van der Waals surface area contributed by atoms with Crippen LogP contribution in [0.1, 0.15) is 38.8 Å². The number of nitrogens with zero attached hydrogens (tertiary/aromatic N) is 1. The molecule has 2 amide bonds. The monoisotopic (exact) mass is 380 g/mol. The zero-order valence-corrected chi connectivity index (χ0v) is 17.4. The highest BCUT2D eigenvalue weighted by Gasteiger charge is 2.25. The summed E-state index contributed by atoms with van der Waals surface area (Å²) < 4.78 is 5.55. The van der Waals surface area contributed by atoms with Crippen molar-refractivity contribution in [2.45, 2.75) is 40.0 Å². The highest BCUT2D eigenvalue weighted by atomic mass is 16.6. The van der Waals surface area contributed by atoms with Crippen LogP contribution in [0.3, 0.4) is 0 Å². The van der Waals surface area contributed by atoms with E-state index in [0.717, 1.165) is 16.8 Å². The average Bonchev–Trinajstić information content (AvgIpc) is 2.60. The van der Waals surface area contributed by atoms with Gasteiger partial charge in [0.2, 0.25) is 5.91 Å². The number of para-hydroxylation sites is 1. The molecule has 5 nitrogen and oxygen atoms in total. The van der Waals surface area contributed by atoms with Crippen LogP contribution in [0.5, 0.6) is 5.75 Å². The van der Waals surface area contributed by atoms with E-state index in [-0.39, 0.29) is 11.3 Å². The molecule has 28 heavy (non-hydrogen) atoms. The molecule has 1 N–H and O–H groups in total. The predicted molar refractivity (Wildman–Crippen MR) is 114 cm³/mol. The van der Waals surface area contributed by atoms with Crippen molar-refractivity contribution < 1.29 is 14.3 Å². The summed E-state index contributed by atoms with van der Waals surface area (Å²) in [6, 6.07) is 12.8. The van der Waals surface area contributed by atoms with Gasteiger partial charge in [0.05, 0.1) is 5.69 Å². The minimum atomic E-state index is -0.489. The summed E-state index contributed by atoms with van der Waals surface area (Å²) >= 11 is 0. The molecule has 0 unspecified atom stereocenters. The zero-order valence-electron chi connectivity index (χ0n) is 17.4. The van der Waals surface area contributed by atoms with E-state index in [2.05, 4.69) is 26.1 Å². The second kappa shape index (κ2) is 8.74. The van der Waals surface area contributed by atoms with E-state index in [0.29, 0.717) is 11.4 Å². The summed E-state index contributed by atoms with van der Waals surface area (Å²) in [7, 11) is 1.71. The van der Waals surface area contributed by atoms with E-state index in [1.54, 1.807) is 44.3 Å². The molecule has 2 aromatic carbocycles. The Labute approximate surface area is 167 Å². The molecule has 2 rings (SSSR count). The molecule has 0 spiro atoms. The predicted octanol–water partition coefficient (Wildman–Crippen LogP) is 5.44. The number of allylic oxidation sites excluding steroid dienone is 1. The van der Waals surface area contributed by atoms with Crippen LogP contribution in [0.25, 0.3) is 0 Å². The van der Waals surface area contributed by atoms with Gasteiger partial charge in [-0.25, -0.2) is 4.79 Å². The number of nitrogens with one attached hydrogen (secondary N) is 1. The number of rotatable bonds is 4. The van der Waals surface area contributed by atoms with Gasteiger partial charge in [0, 0.05) is 18.8 Å². The van der Waals surface area contributed by atoms with Gasteiger partial charge < -0.3 is 10.1 Å². The Bertz CT molecular complexity index is 895. The maximum atomic E-state index is 12.8. The molecular formula is C23H28N2O3. The second-order valence-corrected chi connectivity index (χ2v) is 7.67. The van der Waals surface area contributed by atoms with Gasteiger partial charge in [0.1, 0.15) is 5.75 Å². The van der Waals surface area contributed by atoms with Crippen LogP contribution < -0.4 is 15.0 Å². The summed E-state index contributed by atoms with van der Waals surface area (Å²) in [5, 5.41) is 2.72. The molecule has 0 radical (unpaired) electrons. The first-order valence-corrected chi connectivity index (χ1v) is 9.23. The number of carbonyl (C=O) groups is 2. The van der Waals surface area contributed by atoms with Crippen molar-refractivity contribution in [3.05, 3.63) is 65.7 Å². The minimum absolute atomic E-state index is 0.118. The van der Waals surface area contributed by atoms with Gasteiger partial charge >= 0.3 is 6.09 Å². The van der Waals surface area contributed by atoms with Crippen LogP contribution in [0.2, 0.25) is 0 Å². The lowest BCUT2D eigenvalue weighted by atomic mass is 9.84. The third kappa shape index (κ3) is 5.22. The van der Waals surface area contributed by atoms with Crippen molar-refractivity contribution in [1.29, 1.82) is 0 Å². The summed E-state index contributed by atoms with van der Waals surface area (Å²) in [6.45, 7) is 10.1. The van der Waals surface area contributed by atoms with E-state index in [1.165, 1.54) is 11.0 Å². The Kier molecular flexibility index (Phi) is 6.62. The largest absolute Gasteiger partial charge is 0.419 e. The zero-order chi connectivity index (χ0) is 20.9. The van der Waals surface area contributed by atoms with Crippen LogP contribution in [0.4, 0.5) is 16.2 Å². The van der Waals surface area contributed by atoms with Crippen molar-refractivity contribution in [2.24, 2.45) is 0 Å². The van der Waals surface area contributed by atoms with Gasteiger partial charge in [0.15, 0.2) is 0 Å². The second-order valence-electron chi connectivity index (χ2n) is 7.67. The molecule has 0 heterocycles. The van der Waals surface area contributed by atoms with E-state index >= 15 is 0 Å². The van der Waals surface area contributed by atoms with Crippen molar-refractivity contribution in [3.8, 4) is 5.75 Å². The molecule has 0 aromatic heterocycles. The number of benzene rings is 2. The Hall–Kier alpha value is -3.08. The number of anilines is 2. The molecule has 2 aromatic rings. The number of hydrogen-bond donors (Lipinski definition) is 1. The first-order chi connectivity index (χ1) is 13.1. The Balaban J connectivity index is 2.24. The lowest BCUT2D eigenvalue weighted by Crippen LogP contribution is -2.32. The quantitative estimate of drug-likeness (QED) is 0.718. The van der Waals surface area contributed by atoms with Crippen molar-refractivity contribution in [2.75, 3.05) is 17.3 Å². The van der Waals surface area contributed by atoms with E-state index < -0.39 is 6.09 Å². The molecule has 0 bridgehead atoms. The highest BCUT2D eigenvalue weighted by Crippen LogP contribution is 2.34. The maximum Gasteiger partial charge on any atom is 0.419 e. The molecule has 0 aliphatic heterocycles. The fraction of sp³-hybridized carbons (Fsp3) is 0.304. The SMILES string of the molecule is CC=CC(=O)Nc1cccc(OC(=O)N(C)c2c(C)cccc2C(C)(C)C)c1. The van der Waals surface area contributed by atoms with Crippen LogP contribution in [-0.2, 0) is 10.2 Å². The first-order valence-electron chi connectivity index (χ1n) is 9.23. The van der Waals surface area contributed by atoms with Gasteiger partial charge in [-0.2, -0.15) is 0 Å². The third-order valence-electron chi connectivity index (χ3n) is 4.28. The fourth-order valence-electron chi connectivity index (χ4n) is 2.94. The Morgan fingerprint density at radius 3 is 2.43 bits per heavy atom. The molecule has 0 saturated carbocycles. The first kappa shape index (κ1) is 21.2. The van der Waals surface area contributed by atoms with Gasteiger partial charge in [-0.1, -0.05) is 51.1 Å². The van der Waals surface area contributed by atoms with Gasteiger partial charge in [-0.15, -0.1) is 0 Å². The lowest BCUT2D eigenvalue weighted by molar-refractivity contribution is -0.111. The standard InChI is InChI=1S/C23H28N2O3/c1-7-10-20(26)24-17-12-9-13-18(15-17)28-22(27)25(6)21-16(2)11-8-14-19(21)23(3,4)5/h7-15H,1-6H3,(H,24,26). The number of amides is 2. The number of hydrogen-bond acceptors (Lipinski definition) is 3. The summed E-state index contributed by atoms with van der Waals surface area (Å²) in [4.78, 5) is 26.0. The molecule has 0 saturated heterocycles. The lowest BCUT2D eigenvalue weighted by Gasteiger charge is -2.28. The summed E-state index contributed by atoms with van der Waals surface area (Å²) in [5.74, 6) is 0.124. The van der Waals surface area contributed by atoms with Gasteiger partial charge in [-0.3, -0.25) is 9.69 Å². The van der Waals surface area contributed by atoms with Crippen LogP contribution in [0.15, 0.2) is 54.6 Å². The Morgan fingerprint density at radius 1 is 1.11 bits per heavy atom. The van der Waals surface area contributed by atoms with Crippen LogP contribution in [-0.4, -0.2) is 19.0 Å². The normalized spacial score (nSPS) is 11.4. The van der Waals surface area contributed by atoms with Crippen molar-refractivity contribution >= 4 is 23.4 Å².